The fourth-order valence-corrected chi connectivity index (χ4v) is 3.55. The van der Waals surface area contributed by atoms with Crippen LogP contribution in [0.3, 0.4) is 0 Å². The van der Waals surface area contributed by atoms with Crippen molar-refractivity contribution in [2.45, 2.75) is 32.6 Å². The van der Waals surface area contributed by atoms with Gasteiger partial charge in [-0.3, -0.25) is 0 Å². The molecule has 1 aliphatic carbocycles. The Morgan fingerprint density at radius 3 is 2.84 bits per heavy atom. The lowest BCUT2D eigenvalue weighted by Crippen LogP contribution is -2.00. The zero-order chi connectivity index (χ0) is 17.4. The van der Waals surface area contributed by atoms with Crippen LogP contribution in [0.2, 0.25) is 0 Å². The second-order valence-corrected chi connectivity index (χ2v) is 6.36. The van der Waals surface area contributed by atoms with E-state index < -0.39 is 0 Å². The van der Waals surface area contributed by atoms with Crippen molar-refractivity contribution in [3.63, 3.8) is 0 Å². The van der Waals surface area contributed by atoms with Crippen LogP contribution < -0.4 is 5.73 Å². The average molecular weight is 329 g/mol. The highest BCUT2D eigenvalue weighted by atomic mass is 15.2. The fourth-order valence-electron chi connectivity index (χ4n) is 3.55. The quantitative estimate of drug-likeness (QED) is 0.729. The normalized spacial score (nSPS) is 14.3. The maximum Gasteiger partial charge on any atom is 0.151 e. The van der Waals surface area contributed by atoms with Crippen LogP contribution in [0.4, 0.5) is 5.82 Å². The van der Waals surface area contributed by atoms with E-state index in [0.717, 1.165) is 40.6 Å². The number of aryl methyl sites for hydroxylation is 1. The summed E-state index contributed by atoms with van der Waals surface area (Å²) in [7, 11) is 0. The van der Waals surface area contributed by atoms with Crippen molar-refractivity contribution in [3.8, 4) is 23.5 Å². The number of nitrogens with two attached hydrogens (primary N) is 1. The SMILES string of the molecule is C#Cc1cc(C)c(-c2cn3ncnc(N)c3c2C2=CCCCC2)cn1. The van der Waals surface area contributed by atoms with Crippen molar-refractivity contribution in [2.75, 3.05) is 5.73 Å². The zero-order valence-electron chi connectivity index (χ0n) is 14.2. The van der Waals surface area contributed by atoms with Crippen molar-refractivity contribution in [2.24, 2.45) is 0 Å². The number of aromatic nitrogens is 4. The van der Waals surface area contributed by atoms with Crippen molar-refractivity contribution in [1.82, 2.24) is 19.6 Å². The predicted octanol–water partition coefficient (Wildman–Crippen LogP) is 3.62. The molecule has 0 saturated heterocycles. The molecule has 5 heteroatoms. The molecule has 0 bridgehead atoms. The standard InChI is InChI=1S/C20H19N5/c1-3-15-9-13(2)16(10-22-15)17-11-25-19(20(21)23-12-24-25)18(17)14-7-5-4-6-8-14/h1,7,9-12H,4-6,8H2,2H3,(H2,21,23,24). The molecule has 0 unspecified atom stereocenters. The summed E-state index contributed by atoms with van der Waals surface area (Å²) in [5.74, 6) is 3.08. The van der Waals surface area contributed by atoms with E-state index in [1.165, 1.54) is 24.7 Å². The van der Waals surface area contributed by atoms with Crippen LogP contribution in [0, 0.1) is 19.3 Å². The number of nitrogens with zero attached hydrogens (tertiary/aromatic N) is 4. The van der Waals surface area contributed by atoms with Crippen LogP contribution in [0.25, 0.3) is 22.2 Å². The summed E-state index contributed by atoms with van der Waals surface area (Å²) in [6.45, 7) is 2.05. The minimum absolute atomic E-state index is 0.494. The number of pyridine rings is 1. The van der Waals surface area contributed by atoms with Gasteiger partial charge in [-0.15, -0.1) is 6.42 Å². The number of hydrogen-bond acceptors (Lipinski definition) is 4. The van der Waals surface area contributed by atoms with Gasteiger partial charge in [-0.05, 0) is 49.8 Å². The first-order valence-corrected chi connectivity index (χ1v) is 8.44. The summed E-state index contributed by atoms with van der Waals surface area (Å²) in [4.78, 5) is 8.58. The van der Waals surface area contributed by atoms with Crippen molar-refractivity contribution in [1.29, 1.82) is 0 Å². The Hall–Kier alpha value is -3.13. The number of hydrogen-bond donors (Lipinski definition) is 1. The third-order valence-electron chi connectivity index (χ3n) is 4.76. The Kier molecular flexibility index (Phi) is 3.73. The summed E-state index contributed by atoms with van der Waals surface area (Å²) < 4.78 is 1.82. The van der Waals surface area contributed by atoms with Gasteiger partial charge in [-0.2, -0.15) is 5.10 Å². The number of rotatable bonds is 2. The molecule has 124 valence electrons. The van der Waals surface area contributed by atoms with Crippen molar-refractivity contribution < 1.29 is 0 Å². The van der Waals surface area contributed by atoms with Gasteiger partial charge >= 0.3 is 0 Å². The average Bonchev–Trinajstić information content (AvgIpc) is 3.03. The molecule has 0 radical (unpaired) electrons. The number of fused-ring (bicyclic) bond motifs is 1. The van der Waals surface area contributed by atoms with Gasteiger partial charge in [0.1, 0.15) is 17.5 Å². The number of nitrogen functional groups attached to an aromatic ring is 1. The van der Waals surface area contributed by atoms with Crippen LogP contribution in [-0.4, -0.2) is 19.6 Å². The summed E-state index contributed by atoms with van der Waals surface area (Å²) in [5, 5.41) is 4.35. The number of allylic oxidation sites excluding steroid dienone is 2. The molecule has 0 aliphatic heterocycles. The second kappa shape index (κ2) is 6.06. The maximum absolute atomic E-state index is 6.20. The molecule has 0 aromatic carbocycles. The van der Waals surface area contributed by atoms with Gasteiger partial charge in [0.15, 0.2) is 5.82 Å². The molecule has 3 aromatic rings. The van der Waals surface area contributed by atoms with Crippen LogP contribution in [0.1, 0.15) is 42.5 Å². The molecule has 3 heterocycles. The van der Waals surface area contributed by atoms with Crippen molar-refractivity contribution >= 4 is 16.9 Å². The van der Waals surface area contributed by atoms with Gasteiger partial charge in [0.05, 0.1) is 0 Å². The van der Waals surface area contributed by atoms with E-state index in [-0.39, 0.29) is 0 Å². The van der Waals surface area contributed by atoms with E-state index in [4.69, 9.17) is 12.2 Å². The van der Waals surface area contributed by atoms with Crippen LogP contribution in [-0.2, 0) is 0 Å². The molecule has 0 atom stereocenters. The first-order valence-electron chi connectivity index (χ1n) is 8.44. The Labute approximate surface area is 146 Å². The number of terminal acetylenes is 1. The lowest BCUT2D eigenvalue weighted by atomic mass is 9.89. The minimum Gasteiger partial charge on any atom is -0.382 e. The molecule has 2 N–H and O–H groups in total. The Balaban J connectivity index is 2.03. The maximum atomic E-state index is 6.20. The Morgan fingerprint density at radius 2 is 2.12 bits per heavy atom. The molecule has 0 saturated carbocycles. The van der Waals surface area contributed by atoms with Gasteiger partial charge in [-0.1, -0.05) is 12.0 Å². The lowest BCUT2D eigenvalue weighted by molar-refractivity contribution is 0.742. The van der Waals surface area contributed by atoms with Gasteiger partial charge in [-0.25, -0.2) is 14.5 Å². The van der Waals surface area contributed by atoms with E-state index >= 15 is 0 Å². The third kappa shape index (κ3) is 2.56. The fraction of sp³-hybridized carbons (Fsp3) is 0.250. The largest absolute Gasteiger partial charge is 0.382 e. The molecule has 1 aliphatic rings. The summed E-state index contributed by atoms with van der Waals surface area (Å²) in [5.41, 5.74) is 13.3. The molecular formula is C20H19N5. The third-order valence-corrected chi connectivity index (χ3v) is 4.76. The van der Waals surface area contributed by atoms with E-state index in [9.17, 15) is 0 Å². The van der Waals surface area contributed by atoms with E-state index in [2.05, 4.69) is 27.1 Å². The molecular weight excluding hydrogens is 310 g/mol. The highest BCUT2D eigenvalue weighted by Gasteiger charge is 2.21. The topological polar surface area (TPSA) is 69.1 Å². The van der Waals surface area contributed by atoms with Crippen molar-refractivity contribution in [3.05, 3.63) is 47.7 Å². The summed E-state index contributed by atoms with van der Waals surface area (Å²) >= 11 is 0. The summed E-state index contributed by atoms with van der Waals surface area (Å²) in [6, 6.07) is 1.94. The highest BCUT2D eigenvalue weighted by molar-refractivity contribution is 5.95. The van der Waals surface area contributed by atoms with Crippen LogP contribution in [0.15, 0.2) is 30.9 Å². The first-order chi connectivity index (χ1) is 12.2. The molecule has 0 amide bonds. The van der Waals surface area contributed by atoms with Gasteiger partial charge in [0.25, 0.3) is 0 Å². The van der Waals surface area contributed by atoms with E-state index in [1.54, 1.807) is 0 Å². The molecule has 0 spiro atoms. The Bertz CT molecular complexity index is 1040. The van der Waals surface area contributed by atoms with Gasteiger partial charge in [0.2, 0.25) is 0 Å². The van der Waals surface area contributed by atoms with E-state index in [1.807, 2.05) is 29.9 Å². The molecule has 3 aromatic heterocycles. The minimum atomic E-state index is 0.494. The first kappa shape index (κ1) is 15.4. The smallest absolute Gasteiger partial charge is 0.151 e. The predicted molar refractivity (Wildman–Crippen MR) is 99.7 cm³/mol. The van der Waals surface area contributed by atoms with Crippen LogP contribution >= 0.6 is 0 Å². The van der Waals surface area contributed by atoms with Gasteiger partial charge < -0.3 is 5.73 Å². The highest BCUT2D eigenvalue weighted by Crippen LogP contribution is 2.40. The molecule has 25 heavy (non-hydrogen) atoms. The monoisotopic (exact) mass is 329 g/mol. The summed E-state index contributed by atoms with van der Waals surface area (Å²) in [6.07, 6.45) is 17.7. The van der Waals surface area contributed by atoms with E-state index in [0.29, 0.717) is 11.5 Å². The second-order valence-electron chi connectivity index (χ2n) is 6.36. The molecule has 4 rings (SSSR count). The van der Waals surface area contributed by atoms with Gasteiger partial charge in [0, 0.05) is 29.1 Å². The Morgan fingerprint density at radius 1 is 1.24 bits per heavy atom. The van der Waals surface area contributed by atoms with Crippen LogP contribution in [0.5, 0.6) is 0 Å². The molecule has 0 fully saturated rings. The molecule has 5 nitrogen and oxygen atoms in total. The lowest BCUT2D eigenvalue weighted by Gasteiger charge is -2.15. The number of anilines is 1. The zero-order valence-corrected chi connectivity index (χ0v) is 14.2.